The van der Waals surface area contributed by atoms with E-state index in [1.54, 1.807) is 18.2 Å². The first-order valence-corrected chi connectivity index (χ1v) is 12.9. The van der Waals surface area contributed by atoms with Crippen LogP contribution in [0.2, 0.25) is 0 Å². The highest BCUT2D eigenvalue weighted by molar-refractivity contribution is 6.10. The van der Waals surface area contributed by atoms with Crippen LogP contribution in [0.25, 0.3) is 0 Å². The molecule has 1 fully saturated rings. The largest absolute Gasteiger partial charge is 0.508 e. The lowest BCUT2D eigenvalue weighted by Gasteiger charge is -2.37. The maximum absolute atomic E-state index is 13.7. The monoisotopic (exact) mass is 470 g/mol. The molecule has 3 unspecified atom stereocenters. The van der Waals surface area contributed by atoms with Crippen molar-refractivity contribution in [1.29, 1.82) is 0 Å². The summed E-state index contributed by atoms with van der Waals surface area (Å²) in [5.74, 6) is -0.788. The predicted octanol–water partition coefficient (Wildman–Crippen LogP) is 5.59. The van der Waals surface area contributed by atoms with Gasteiger partial charge in [0.15, 0.2) is 5.78 Å². The zero-order valence-corrected chi connectivity index (χ0v) is 20.6. The summed E-state index contributed by atoms with van der Waals surface area (Å²) in [5.41, 5.74) is 5.41. The second-order valence-corrected chi connectivity index (χ2v) is 10.3. The van der Waals surface area contributed by atoms with Crippen molar-refractivity contribution in [2.24, 2.45) is 10.9 Å². The van der Waals surface area contributed by atoms with Gasteiger partial charge < -0.3 is 10.4 Å². The van der Waals surface area contributed by atoms with Gasteiger partial charge in [0.05, 0.1) is 5.92 Å². The van der Waals surface area contributed by atoms with E-state index in [9.17, 15) is 14.7 Å². The number of allylic oxidation sites excluding steroid dienone is 2. The van der Waals surface area contributed by atoms with E-state index in [0.29, 0.717) is 18.4 Å². The summed E-state index contributed by atoms with van der Waals surface area (Å²) in [7, 11) is 0. The highest BCUT2D eigenvalue weighted by Gasteiger charge is 2.44. The van der Waals surface area contributed by atoms with Crippen molar-refractivity contribution in [3.05, 3.63) is 76.5 Å². The number of Topliss-reactive ketones (excluding diaryl/α,β-unsaturated/α-hetero) is 1. The summed E-state index contributed by atoms with van der Waals surface area (Å²) in [6.07, 6.45) is 6.33. The van der Waals surface area contributed by atoms with Crippen molar-refractivity contribution in [3.63, 3.8) is 0 Å². The normalized spacial score (nSPS) is 24.8. The number of aliphatic imine (C=N–C) groups is 1. The van der Waals surface area contributed by atoms with E-state index in [0.717, 1.165) is 54.6 Å². The number of aryl methyl sites for hydroxylation is 1. The van der Waals surface area contributed by atoms with E-state index in [1.165, 1.54) is 5.56 Å². The fraction of sp³-hybridized carbons (Fsp3) is 0.433. The van der Waals surface area contributed by atoms with E-state index < -0.39 is 11.8 Å². The van der Waals surface area contributed by atoms with Crippen LogP contribution >= 0.6 is 0 Å². The van der Waals surface area contributed by atoms with Gasteiger partial charge in [-0.3, -0.25) is 14.6 Å². The van der Waals surface area contributed by atoms with E-state index in [-0.39, 0.29) is 29.4 Å². The molecule has 1 aliphatic heterocycles. The molecular formula is C30H34N2O3. The van der Waals surface area contributed by atoms with E-state index >= 15 is 0 Å². The number of phenolic OH excluding ortho intramolecular Hbond substituents is 1. The van der Waals surface area contributed by atoms with Crippen molar-refractivity contribution >= 4 is 17.4 Å². The molecule has 5 heteroatoms. The number of nitrogens with zero attached hydrogens (tertiary/aromatic N) is 1. The molecule has 1 saturated carbocycles. The van der Waals surface area contributed by atoms with E-state index in [1.807, 2.05) is 13.0 Å². The molecule has 2 aromatic carbocycles. The Labute approximate surface area is 207 Å². The lowest BCUT2D eigenvalue weighted by molar-refractivity contribution is -0.124. The number of carbonyl (C=O) groups excluding carboxylic acids is 2. The molecule has 3 aliphatic rings. The van der Waals surface area contributed by atoms with E-state index in [2.05, 4.69) is 36.5 Å². The summed E-state index contributed by atoms with van der Waals surface area (Å²) in [5, 5.41) is 13.5. The lowest BCUT2D eigenvalue weighted by Crippen LogP contribution is -2.45. The number of carbonyl (C=O) groups is 2. The van der Waals surface area contributed by atoms with Crippen LogP contribution in [0.4, 0.5) is 0 Å². The van der Waals surface area contributed by atoms with Gasteiger partial charge in [0.1, 0.15) is 5.75 Å². The summed E-state index contributed by atoms with van der Waals surface area (Å²) < 4.78 is 0. The second-order valence-electron chi connectivity index (χ2n) is 10.3. The summed E-state index contributed by atoms with van der Waals surface area (Å²) in [4.78, 5) is 32.2. The van der Waals surface area contributed by atoms with Gasteiger partial charge in [0.25, 0.3) is 0 Å². The second kappa shape index (κ2) is 9.80. The summed E-state index contributed by atoms with van der Waals surface area (Å²) >= 11 is 0. The molecule has 0 spiro atoms. The average molecular weight is 471 g/mol. The van der Waals surface area contributed by atoms with Crippen LogP contribution in [0, 0.1) is 5.92 Å². The molecule has 2 aromatic rings. The molecule has 2 aliphatic carbocycles. The number of hydrogen-bond acceptors (Lipinski definition) is 4. The zero-order valence-electron chi connectivity index (χ0n) is 20.6. The van der Waals surface area contributed by atoms with Gasteiger partial charge in [0, 0.05) is 35.4 Å². The van der Waals surface area contributed by atoms with Crippen molar-refractivity contribution in [2.45, 2.75) is 76.7 Å². The molecule has 182 valence electrons. The highest BCUT2D eigenvalue weighted by atomic mass is 16.3. The number of hydrogen-bond donors (Lipinski definition) is 2. The first kappa shape index (κ1) is 23.5. The molecule has 5 rings (SSSR count). The van der Waals surface area contributed by atoms with Crippen LogP contribution in [0.5, 0.6) is 5.75 Å². The minimum Gasteiger partial charge on any atom is -0.508 e. The van der Waals surface area contributed by atoms with Gasteiger partial charge in [-0.15, -0.1) is 0 Å². The van der Waals surface area contributed by atoms with Crippen LogP contribution in [0.15, 0.2) is 64.8 Å². The van der Waals surface area contributed by atoms with Gasteiger partial charge in [0.2, 0.25) is 5.91 Å². The third-order valence-electron chi connectivity index (χ3n) is 7.96. The maximum atomic E-state index is 13.7. The average Bonchev–Trinajstić information content (AvgIpc) is 3.36. The number of amides is 1. The van der Waals surface area contributed by atoms with Crippen LogP contribution < -0.4 is 5.32 Å². The van der Waals surface area contributed by atoms with Crippen LogP contribution in [0.3, 0.4) is 0 Å². The Balaban J connectivity index is 1.52. The number of phenols is 1. The first-order valence-electron chi connectivity index (χ1n) is 12.9. The van der Waals surface area contributed by atoms with Crippen molar-refractivity contribution in [1.82, 2.24) is 5.32 Å². The van der Waals surface area contributed by atoms with E-state index in [4.69, 9.17) is 4.99 Å². The van der Waals surface area contributed by atoms with Gasteiger partial charge in [-0.05, 0) is 67.3 Å². The fourth-order valence-corrected chi connectivity index (χ4v) is 6.10. The van der Waals surface area contributed by atoms with Gasteiger partial charge in [-0.25, -0.2) is 0 Å². The molecule has 2 N–H and O–H groups in total. The molecule has 0 radical (unpaired) electrons. The fourth-order valence-electron chi connectivity index (χ4n) is 6.10. The topological polar surface area (TPSA) is 78.8 Å². The Morgan fingerprint density at radius 1 is 1.06 bits per heavy atom. The molecule has 0 bridgehead atoms. The summed E-state index contributed by atoms with van der Waals surface area (Å²) in [6.45, 7) is 4.04. The highest BCUT2D eigenvalue weighted by Crippen LogP contribution is 2.47. The van der Waals surface area contributed by atoms with Gasteiger partial charge in [-0.2, -0.15) is 0 Å². The van der Waals surface area contributed by atoms with Crippen molar-refractivity contribution < 1.29 is 14.7 Å². The quantitative estimate of drug-likeness (QED) is 0.598. The van der Waals surface area contributed by atoms with Crippen molar-refractivity contribution in [3.8, 4) is 5.75 Å². The molecule has 0 saturated heterocycles. The molecule has 1 amide bonds. The number of aromatic hydroxyl groups is 1. The summed E-state index contributed by atoms with van der Waals surface area (Å²) in [6, 6.07) is 15.7. The molecule has 1 heterocycles. The minimum absolute atomic E-state index is 0.0547. The Kier molecular flexibility index (Phi) is 6.59. The molecule has 0 aromatic heterocycles. The third kappa shape index (κ3) is 4.69. The number of benzene rings is 2. The Morgan fingerprint density at radius 2 is 1.80 bits per heavy atom. The zero-order chi connectivity index (χ0) is 24.5. The third-order valence-corrected chi connectivity index (χ3v) is 7.96. The smallest absolute Gasteiger partial charge is 0.229 e. The van der Waals surface area contributed by atoms with Crippen LogP contribution in [0.1, 0.15) is 80.9 Å². The standard InChI is InChI=1S/C30H34N2O3/c1-3-19-11-13-20(14-12-19)22-16-25-29(26(34)17-22)28(21-7-6-10-24(33)15-21)27(18(2)31-25)30(35)32-23-8-4-5-9-23/h6-7,10-15,22-23,27-28,33H,3-5,8-9,16-17H2,1-2H3,(H,32,35). The van der Waals surface area contributed by atoms with Crippen LogP contribution in [-0.4, -0.2) is 28.6 Å². The SMILES string of the molecule is CCc1ccc(C2CC(=O)C3=C(C2)N=C(C)C(C(=O)NC2CCCC2)C3c2cccc(O)c2)cc1. The number of nitrogens with one attached hydrogen (secondary N) is 1. The first-order chi connectivity index (χ1) is 16.9. The number of rotatable bonds is 5. The van der Waals surface area contributed by atoms with Gasteiger partial charge in [-0.1, -0.05) is 56.2 Å². The molecule has 3 atom stereocenters. The maximum Gasteiger partial charge on any atom is 0.229 e. The molecule has 5 nitrogen and oxygen atoms in total. The van der Waals surface area contributed by atoms with Crippen LogP contribution in [-0.2, 0) is 16.0 Å². The van der Waals surface area contributed by atoms with Crippen molar-refractivity contribution in [2.75, 3.05) is 0 Å². The molecular weight excluding hydrogens is 436 g/mol. The Morgan fingerprint density at radius 3 is 2.49 bits per heavy atom. The number of ketones is 1. The molecule has 35 heavy (non-hydrogen) atoms. The van der Waals surface area contributed by atoms with Gasteiger partial charge >= 0.3 is 0 Å². The minimum atomic E-state index is -0.555. The Bertz CT molecular complexity index is 1190. The Hall–Kier alpha value is -3.21. The lowest BCUT2D eigenvalue weighted by atomic mass is 9.69. The predicted molar refractivity (Wildman–Crippen MR) is 138 cm³/mol.